The van der Waals surface area contributed by atoms with E-state index < -0.39 is 0 Å². The molecule has 5 heteroatoms. The highest BCUT2D eigenvalue weighted by atomic mass is 16.7. The number of ether oxygens (including phenoxy) is 2. The number of nitro groups is 1. The summed E-state index contributed by atoms with van der Waals surface area (Å²) in [6, 6.07) is 0. The molecule has 14 heavy (non-hydrogen) atoms. The Morgan fingerprint density at radius 2 is 2.36 bits per heavy atom. The number of hydrogen-bond donors (Lipinski definition) is 0. The highest BCUT2D eigenvalue weighted by molar-refractivity contribution is 4.62. The van der Waals surface area contributed by atoms with Crippen LogP contribution in [0.1, 0.15) is 33.1 Å². The molecule has 1 fully saturated rings. The Balaban J connectivity index is 2.25. The quantitative estimate of drug-likeness (QED) is 0.514. The second kappa shape index (κ2) is 5.26. The molecule has 5 nitrogen and oxygen atoms in total. The van der Waals surface area contributed by atoms with Gasteiger partial charge < -0.3 is 9.47 Å². The van der Waals surface area contributed by atoms with E-state index in [1.165, 1.54) is 0 Å². The molecule has 1 aliphatic rings. The van der Waals surface area contributed by atoms with Crippen LogP contribution in [-0.2, 0) is 9.47 Å². The zero-order valence-corrected chi connectivity index (χ0v) is 8.64. The molecule has 0 aromatic heterocycles. The second-order valence-electron chi connectivity index (χ2n) is 3.77. The van der Waals surface area contributed by atoms with Crippen molar-refractivity contribution in [2.24, 2.45) is 0 Å². The van der Waals surface area contributed by atoms with Crippen molar-refractivity contribution in [3.8, 4) is 0 Å². The summed E-state index contributed by atoms with van der Waals surface area (Å²) >= 11 is 0. The number of rotatable bonds is 4. The number of hydrogen-bond acceptors (Lipinski definition) is 4. The summed E-state index contributed by atoms with van der Waals surface area (Å²) in [7, 11) is 0. The van der Waals surface area contributed by atoms with Crippen molar-refractivity contribution in [1.29, 1.82) is 0 Å². The van der Waals surface area contributed by atoms with Crippen LogP contribution >= 0.6 is 0 Å². The van der Waals surface area contributed by atoms with Gasteiger partial charge in [0, 0.05) is 4.92 Å². The van der Waals surface area contributed by atoms with Gasteiger partial charge in [0.25, 0.3) is 0 Å². The molecule has 1 saturated heterocycles. The smallest absolute Gasteiger partial charge is 0.229 e. The van der Waals surface area contributed by atoms with E-state index in [1.807, 2.05) is 6.92 Å². The largest absolute Gasteiger partial charge is 0.350 e. The van der Waals surface area contributed by atoms with Crippen molar-refractivity contribution in [2.75, 3.05) is 6.54 Å². The van der Waals surface area contributed by atoms with E-state index in [0.717, 1.165) is 19.3 Å². The lowest BCUT2D eigenvalue weighted by molar-refractivity contribution is -0.493. The molecule has 1 heterocycles. The van der Waals surface area contributed by atoms with Crippen LogP contribution in [0.2, 0.25) is 0 Å². The lowest BCUT2D eigenvalue weighted by atomic mass is 10.1. The van der Waals surface area contributed by atoms with Gasteiger partial charge in [-0.15, -0.1) is 0 Å². The third-order valence-electron chi connectivity index (χ3n) is 2.22. The molecule has 0 saturated carbocycles. The molecule has 3 atom stereocenters. The molecule has 0 unspecified atom stereocenters. The Labute approximate surface area is 83.5 Å². The van der Waals surface area contributed by atoms with E-state index >= 15 is 0 Å². The van der Waals surface area contributed by atoms with Gasteiger partial charge in [-0.3, -0.25) is 10.1 Å². The minimum atomic E-state index is -0.375. The van der Waals surface area contributed by atoms with E-state index in [2.05, 4.69) is 0 Å². The number of nitrogens with zero attached hydrogens (tertiary/aromatic N) is 1. The monoisotopic (exact) mass is 203 g/mol. The first-order valence-electron chi connectivity index (χ1n) is 5.00. The van der Waals surface area contributed by atoms with Crippen molar-refractivity contribution in [2.45, 2.75) is 51.6 Å². The Bertz CT molecular complexity index is 197. The van der Waals surface area contributed by atoms with Crippen molar-refractivity contribution < 1.29 is 14.4 Å². The molecule has 1 rings (SSSR count). The van der Waals surface area contributed by atoms with Crippen LogP contribution in [-0.4, -0.2) is 30.0 Å². The topological polar surface area (TPSA) is 61.6 Å². The van der Waals surface area contributed by atoms with Crippen LogP contribution in [0.4, 0.5) is 0 Å². The fourth-order valence-corrected chi connectivity index (χ4v) is 1.58. The molecule has 0 aromatic rings. The Kier molecular flexibility index (Phi) is 4.28. The van der Waals surface area contributed by atoms with Gasteiger partial charge in [-0.1, -0.05) is 0 Å². The van der Waals surface area contributed by atoms with E-state index in [1.54, 1.807) is 6.92 Å². The van der Waals surface area contributed by atoms with Gasteiger partial charge in [0.05, 0.1) is 6.10 Å². The van der Waals surface area contributed by atoms with Gasteiger partial charge >= 0.3 is 0 Å². The maximum atomic E-state index is 10.2. The summed E-state index contributed by atoms with van der Waals surface area (Å²) in [5.74, 6) is 0. The first-order chi connectivity index (χ1) is 6.58. The zero-order chi connectivity index (χ0) is 10.6. The molecule has 0 aromatic carbocycles. The van der Waals surface area contributed by atoms with Crippen molar-refractivity contribution in [3.05, 3.63) is 10.1 Å². The Hall–Kier alpha value is -0.680. The molecule has 1 aliphatic heterocycles. The lowest BCUT2D eigenvalue weighted by Crippen LogP contribution is -2.33. The van der Waals surface area contributed by atoms with Crippen LogP contribution in [0.3, 0.4) is 0 Å². The van der Waals surface area contributed by atoms with Gasteiger partial charge in [-0.05, 0) is 33.1 Å². The van der Waals surface area contributed by atoms with Crippen LogP contribution in [0.5, 0.6) is 0 Å². The molecule has 0 amide bonds. The van der Waals surface area contributed by atoms with Crippen LogP contribution in [0.25, 0.3) is 0 Å². The van der Waals surface area contributed by atoms with Gasteiger partial charge in [-0.2, -0.15) is 0 Å². The summed E-state index contributed by atoms with van der Waals surface area (Å²) in [5.41, 5.74) is 0. The molecule has 82 valence electrons. The standard InChI is InChI=1S/C9H17NO4/c1-7-4-3-5-9(13-7)14-8(2)6-10(11)12/h7-9H,3-6H2,1-2H3/t7-,8+,9+/m1/s1. The van der Waals surface area contributed by atoms with Gasteiger partial charge in [-0.25, -0.2) is 0 Å². The Morgan fingerprint density at radius 1 is 1.64 bits per heavy atom. The average molecular weight is 203 g/mol. The first kappa shape index (κ1) is 11.4. The van der Waals surface area contributed by atoms with Crippen molar-refractivity contribution >= 4 is 0 Å². The van der Waals surface area contributed by atoms with Crippen molar-refractivity contribution in [1.82, 2.24) is 0 Å². The van der Waals surface area contributed by atoms with Crippen molar-refractivity contribution in [3.63, 3.8) is 0 Å². The molecule has 0 radical (unpaired) electrons. The highest BCUT2D eigenvalue weighted by Gasteiger charge is 2.23. The lowest BCUT2D eigenvalue weighted by Gasteiger charge is -2.28. The summed E-state index contributed by atoms with van der Waals surface area (Å²) in [5, 5.41) is 10.2. The van der Waals surface area contributed by atoms with E-state index in [9.17, 15) is 10.1 Å². The summed E-state index contributed by atoms with van der Waals surface area (Å²) < 4.78 is 10.9. The second-order valence-corrected chi connectivity index (χ2v) is 3.77. The molecule has 0 aliphatic carbocycles. The van der Waals surface area contributed by atoms with Gasteiger partial charge in [0.2, 0.25) is 6.54 Å². The van der Waals surface area contributed by atoms with Crippen LogP contribution in [0, 0.1) is 10.1 Å². The van der Waals surface area contributed by atoms with Gasteiger partial charge in [0.1, 0.15) is 6.10 Å². The molecular weight excluding hydrogens is 186 g/mol. The predicted octanol–water partition coefficient (Wildman–Crippen LogP) is 1.58. The summed E-state index contributed by atoms with van der Waals surface area (Å²) in [4.78, 5) is 9.84. The third-order valence-corrected chi connectivity index (χ3v) is 2.22. The van der Waals surface area contributed by atoms with Gasteiger partial charge in [0.15, 0.2) is 6.29 Å². The average Bonchev–Trinajstić information content (AvgIpc) is 2.01. The van der Waals surface area contributed by atoms with E-state index in [0.29, 0.717) is 0 Å². The fraction of sp³-hybridized carbons (Fsp3) is 1.00. The maximum absolute atomic E-state index is 10.2. The third kappa shape index (κ3) is 4.02. The van der Waals surface area contributed by atoms with E-state index in [-0.39, 0.29) is 30.0 Å². The Morgan fingerprint density at radius 3 is 2.93 bits per heavy atom. The summed E-state index contributed by atoms with van der Waals surface area (Å²) in [6.07, 6.45) is 2.53. The normalized spacial score (nSPS) is 29.9. The minimum absolute atomic E-state index is 0.158. The maximum Gasteiger partial charge on any atom is 0.229 e. The van der Waals surface area contributed by atoms with Crippen LogP contribution in [0.15, 0.2) is 0 Å². The summed E-state index contributed by atoms with van der Waals surface area (Å²) in [6.45, 7) is 3.54. The molecule has 0 bridgehead atoms. The SMILES string of the molecule is C[C@@H]1CCC[C@H](O[C@@H](C)C[N+](=O)[O-])O1. The fourth-order valence-electron chi connectivity index (χ4n) is 1.58. The zero-order valence-electron chi connectivity index (χ0n) is 8.64. The van der Waals surface area contributed by atoms with E-state index in [4.69, 9.17) is 9.47 Å². The molecular formula is C9H17NO4. The predicted molar refractivity (Wildman–Crippen MR) is 50.6 cm³/mol. The first-order valence-corrected chi connectivity index (χ1v) is 5.00. The molecule has 0 spiro atoms. The molecule has 0 N–H and O–H groups in total. The van der Waals surface area contributed by atoms with Crippen LogP contribution < -0.4 is 0 Å². The minimum Gasteiger partial charge on any atom is -0.350 e. The highest BCUT2D eigenvalue weighted by Crippen LogP contribution is 2.20.